The van der Waals surface area contributed by atoms with E-state index in [1.165, 1.54) is 0 Å². The molecule has 0 aromatic rings. The molecule has 11 heavy (non-hydrogen) atoms. The van der Waals surface area contributed by atoms with Crippen molar-refractivity contribution in [3.8, 4) is 0 Å². The molecule has 2 N–H and O–H groups in total. The van der Waals surface area contributed by atoms with Crippen molar-refractivity contribution in [2.75, 3.05) is 0 Å². The Hall–Kier alpha value is 0.360. The van der Waals surface area contributed by atoms with E-state index in [-0.39, 0.29) is 0 Å². The summed E-state index contributed by atoms with van der Waals surface area (Å²) >= 11 is 8.16. The molecule has 0 spiro atoms. The van der Waals surface area contributed by atoms with Gasteiger partial charge in [0.25, 0.3) is 0 Å². The van der Waals surface area contributed by atoms with E-state index in [1.54, 1.807) is 0 Å². The summed E-state index contributed by atoms with van der Waals surface area (Å²) in [6.45, 7) is 0. The topological polar surface area (TPSA) is 40.5 Å². The maximum absolute atomic E-state index is 9.16. The molecule has 2 nitrogen and oxygen atoms in total. The largest absolute Gasteiger partial charge is 0.366 e. The highest BCUT2D eigenvalue weighted by Crippen LogP contribution is 2.33. The minimum Gasteiger partial charge on any atom is -0.366 e. The number of aliphatic hydroxyl groups is 2. The Morgan fingerprint density at radius 2 is 1.64 bits per heavy atom. The van der Waals surface area contributed by atoms with E-state index >= 15 is 0 Å². The number of thiol groups is 2. The summed E-state index contributed by atoms with van der Waals surface area (Å²) in [5, 5.41) is 18.3. The van der Waals surface area contributed by atoms with Gasteiger partial charge in [0.15, 0.2) is 5.79 Å². The van der Waals surface area contributed by atoms with Gasteiger partial charge in [0.1, 0.15) is 0 Å². The van der Waals surface area contributed by atoms with Crippen LogP contribution in [0.15, 0.2) is 9.81 Å². The summed E-state index contributed by atoms with van der Waals surface area (Å²) in [5.74, 6) is -1.46. The second kappa shape index (κ2) is 3.39. The van der Waals surface area contributed by atoms with Gasteiger partial charge in [-0.1, -0.05) is 5.57 Å². The third-order valence-electron chi connectivity index (χ3n) is 1.97. The molecule has 1 fully saturated rings. The molecule has 4 heteroatoms. The predicted octanol–water partition coefficient (Wildman–Crippen LogP) is 1.31. The quantitative estimate of drug-likeness (QED) is 0.345. The van der Waals surface area contributed by atoms with Gasteiger partial charge in [-0.2, -0.15) is 0 Å². The molecule has 1 rings (SSSR count). The SMILES string of the molecule is OC1(O)CCC(=C(S)S)CC1. The molecule has 1 aliphatic carbocycles. The van der Waals surface area contributed by atoms with Crippen molar-refractivity contribution in [1.29, 1.82) is 0 Å². The Labute approximate surface area is 77.1 Å². The van der Waals surface area contributed by atoms with Crippen molar-refractivity contribution in [2.24, 2.45) is 0 Å². The highest BCUT2D eigenvalue weighted by Gasteiger charge is 2.28. The standard InChI is InChI=1S/C7H12O2S2/c8-7(9)3-1-5(2-4-7)6(10)11/h8-11H,1-4H2. The normalized spacial score (nSPS) is 23.5. The van der Waals surface area contributed by atoms with Gasteiger partial charge < -0.3 is 10.2 Å². The molecule has 0 atom stereocenters. The van der Waals surface area contributed by atoms with Crippen LogP contribution in [0.3, 0.4) is 0 Å². The van der Waals surface area contributed by atoms with Crippen LogP contribution in [-0.4, -0.2) is 16.0 Å². The van der Waals surface area contributed by atoms with E-state index in [2.05, 4.69) is 25.3 Å². The first kappa shape index (κ1) is 9.45. The van der Waals surface area contributed by atoms with Gasteiger partial charge in [-0.05, 0) is 12.8 Å². The second-order valence-corrected chi connectivity index (χ2v) is 4.16. The monoisotopic (exact) mass is 192 g/mol. The lowest BCUT2D eigenvalue weighted by atomic mass is 9.91. The second-order valence-electron chi connectivity index (χ2n) is 2.91. The lowest BCUT2D eigenvalue weighted by Gasteiger charge is -2.28. The zero-order valence-corrected chi connectivity index (χ0v) is 7.91. The number of hydrogen-bond donors (Lipinski definition) is 4. The summed E-state index contributed by atoms with van der Waals surface area (Å²) in [6, 6.07) is 0. The Morgan fingerprint density at radius 3 is 2.00 bits per heavy atom. The Kier molecular flexibility index (Phi) is 2.91. The summed E-state index contributed by atoms with van der Waals surface area (Å²) in [4.78, 5) is 0. The van der Waals surface area contributed by atoms with Crippen LogP contribution < -0.4 is 0 Å². The van der Waals surface area contributed by atoms with Crippen molar-refractivity contribution in [1.82, 2.24) is 0 Å². The van der Waals surface area contributed by atoms with Crippen molar-refractivity contribution in [3.05, 3.63) is 9.81 Å². The maximum atomic E-state index is 9.16. The molecular formula is C7H12O2S2. The van der Waals surface area contributed by atoms with Crippen LogP contribution in [-0.2, 0) is 0 Å². The Bertz CT molecular complexity index is 171. The van der Waals surface area contributed by atoms with Gasteiger partial charge in [0.2, 0.25) is 0 Å². The smallest absolute Gasteiger partial charge is 0.163 e. The van der Waals surface area contributed by atoms with Crippen molar-refractivity contribution in [3.63, 3.8) is 0 Å². The molecule has 0 bridgehead atoms. The summed E-state index contributed by atoms with van der Waals surface area (Å²) in [7, 11) is 0. The minimum atomic E-state index is -1.46. The predicted molar refractivity (Wildman–Crippen MR) is 50.6 cm³/mol. The fourth-order valence-electron chi connectivity index (χ4n) is 1.18. The van der Waals surface area contributed by atoms with E-state index in [0.29, 0.717) is 25.7 Å². The number of hydrogen-bond acceptors (Lipinski definition) is 4. The molecule has 0 aromatic carbocycles. The van der Waals surface area contributed by atoms with Gasteiger partial charge in [-0.3, -0.25) is 0 Å². The van der Waals surface area contributed by atoms with Crippen LogP contribution in [0.5, 0.6) is 0 Å². The first-order valence-electron chi connectivity index (χ1n) is 3.56. The maximum Gasteiger partial charge on any atom is 0.163 e. The number of rotatable bonds is 0. The zero-order chi connectivity index (χ0) is 8.48. The van der Waals surface area contributed by atoms with Crippen LogP contribution in [0, 0.1) is 0 Å². The third-order valence-corrected chi connectivity index (χ3v) is 2.60. The van der Waals surface area contributed by atoms with Crippen molar-refractivity contribution >= 4 is 25.3 Å². The molecule has 0 radical (unpaired) electrons. The van der Waals surface area contributed by atoms with E-state index in [4.69, 9.17) is 10.2 Å². The fourth-order valence-corrected chi connectivity index (χ4v) is 1.62. The van der Waals surface area contributed by atoms with Crippen LogP contribution in [0.1, 0.15) is 25.7 Å². The molecule has 1 saturated carbocycles. The van der Waals surface area contributed by atoms with E-state index in [0.717, 1.165) is 9.81 Å². The van der Waals surface area contributed by atoms with Crippen LogP contribution >= 0.6 is 25.3 Å². The average molecular weight is 192 g/mol. The van der Waals surface area contributed by atoms with E-state index < -0.39 is 5.79 Å². The highest BCUT2D eigenvalue weighted by atomic mass is 32.2. The van der Waals surface area contributed by atoms with Gasteiger partial charge >= 0.3 is 0 Å². The molecule has 0 aliphatic heterocycles. The molecule has 0 aromatic heterocycles. The molecule has 0 unspecified atom stereocenters. The molecule has 0 saturated heterocycles. The first-order chi connectivity index (χ1) is 5.01. The summed E-state index contributed by atoms with van der Waals surface area (Å²) in [6.07, 6.45) is 2.17. The molecule has 1 aliphatic rings. The fraction of sp³-hybridized carbons (Fsp3) is 0.714. The molecule has 0 amide bonds. The van der Waals surface area contributed by atoms with E-state index in [9.17, 15) is 0 Å². The number of allylic oxidation sites excluding steroid dienone is 1. The third kappa shape index (κ3) is 2.71. The average Bonchev–Trinajstić information content (AvgIpc) is 1.86. The van der Waals surface area contributed by atoms with Gasteiger partial charge in [-0.25, -0.2) is 0 Å². The lowest BCUT2D eigenvalue weighted by Crippen LogP contribution is -2.31. The Morgan fingerprint density at radius 1 is 1.18 bits per heavy atom. The van der Waals surface area contributed by atoms with Crippen molar-refractivity contribution in [2.45, 2.75) is 31.5 Å². The van der Waals surface area contributed by atoms with Gasteiger partial charge in [0.05, 0.1) is 0 Å². The molecular weight excluding hydrogens is 180 g/mol. The van der Waals surface area contributed by atoms with Crippen LogP contribution in [0.2, 0.25) is 0 Å². The minimum absolute atomic E-state index is 0.396. The van der Waals surface area contributed by atoms with Gasteiger partial charge in [-0.15, -0.1) is 25.3 Å². The highest BCUT2D eigenvalue weighted by molar-refractivity contribution is 8.05. The summed E-state index contributed by atoms with van der Waals surface area (Å²) < 4.78 is 0.723. The first-order valence-corrected chi connectivity index (χ1v) is 4.45. The molecule has 0 heterocycles. The molecule has 64 valence electrons. The summed E-state index contributed by atoms with van der Waals surface area (Å²) in [5.41, 5.74) is 1.12. The van der Waals surface area contributed by atoms with E-state index in [1.807, 2.05) is 0 Å². The van der Waals surface area contributed by atoms with Crippen molar-refractivity contribution < 1.29 is 10.2 Å². The van der Waals surface area contributed by atoms with Crippen LogP contribution in [0.25, 0.3) is 0 Å². The Balaban J connectivity index is 2.56. The van der Waals surface area contributed by atoms with Gasteiger partial charge in [0, 0.05) is 17.1 Å². The lowest BCUT2D eigenvalue weighted by molar-refractivity contribution is -0.174. The van der Waals surface area contributed by atoms with Crippen LogP contribution in [0.4, 0.5) is 0 Å². The zero-order valence-electron chi connectivity index (χ0n) is 6.12.